The van der Waals surface area contributed by atoms with E-state index in [1.165, 1.54) is 0 Å². The van der Waals surface area contributed by atoms with E-state index in [0.29, 0.717) is 25.9 Å². The third kappa shape index (κ3) is 5.27. The summed E-state index contributed by atoms with van der Waals surface area (Å²) >= 11 is 3.44. The number of fused-ring (bicyclic) bond motifs is 1. The first-order valence-corrected chi connectivity index (χ1v) is 9.45. The fourth-order valence-electron chi connectivity index (χ4n) is 3.34. The molecule has 1 aliphatic rings. The monoisotopic (exact) mass is 428 g/mol. The highest BCUT2D eigenvalue weighted by atomic mass is 79.9. The van der Waals surface area contributed by atoms with Gasteiger partial charge in [0.05, 0.1) is 6.42 Å². The summed E-state index contributed by atoms with van der Waals surface area (Å²) in [5.41, 5.74) is 0.736. The van der Waals surface area contributed by atoms with Gasteiger partial charge in [-0.1, -0.05) is 22.0 Å². The molecule has 1 aromatic carbocycles. The van der Waals surface area contributed by atoms with Crippen molar-refractivity contribution in [2.24, 2.45) is 5.92 Å². The Kier molecular flexibility index (Phi) is 5.97. The van der Waals surface area contributed by atoms with Crippen molar-refractivity contribution in [1.82, 2.24) is 9.88 Å². The van der Waals surface area contributed by atoms with E-state index in [1.807, 2.05) is 24.3 Å². The van der Waals surface area contributed by atoms with Crippen molar-refractivity contribution in [3.8, 4) is 0 Å². The normalized spacial score (nSPS) is 16.9. The Morgan fingerprint density at radius 3 is 2.62 bits per heavy atom. The highest BCUT2D eigenvalue weighted by Crippen LogP contribution is 2.25. The molecule has 0 spiro atoms. The SMILES string of the molecule is O=C(Cc1cc2cc(Br)ccc2cn1)C1CCN(CCC(F)(F)F)CC1. The van der Waals surface area contributed by atoms with Gasteiger partial charge in [-0.2, -0.15) is 13.2 Å². The first-order chi connectivity index (χ1) is 12.3. The summed E-state index contributed by atoms with van der Waals surface area (Å²) < 4.78 is 37.9. The lowest BCUT2D eigenvalue weighted by Crippen LogP contribution is -2.38. The summed E-state index contributed by atoms with van der Waals surface area (Å²) in [7, 11) is 0. The van der Waals surface area contributed by atoms with Gasteiger partial charge in [0.1, 0.15) is 5.78 Å². The maximum Gasteiger partial charge on any atom is 0.390 e. The summed E-state index contributed by atoms with van der Waals surface area (Å²) in [6.45, 7) is 1.11. The van der Waals surface area contributed by atoms with E-state index >= 15 is 0 Å². The van der Waals surface area contributed by atoms with E-state index in [0.717, 1.165) is 20.9 Å². The number of alkyl halides is 3. The number of aromatic nitrogens is 1. The molecule has 1 aromatic heterocycles. The standard InChI is InChI=1S/C19H20BrF3N2O/c20-16-2-1-14-12-24-17(10-15(14)9-16)11-18(26)13-3-6-25(7-4-13)8-5-19(21,22)23/h1-2,9-10,12-13H,3-8,11H2. The van der Waals surface area contributed by atoms with Crippen molar-refractivity contribution in [2.45, 2.75) is 31.9 Å². The summed E-state index contributed by atoms with van der Waals surface area (Å²) in [6, 6.07) is 7.83. The van der Waals surface area contributed by atoms with Crippen LogP contribution in [0.25, 0.3) is 10.8 Å². The molecule has 26 heavy (non-hydrogen) atoms. The molecule has 140 valence electrons. The molecule has 0 unspecified atom stereocenters. The maximum absolute atomic E-state index is 12.5. The molecule has 3 rings (SSSR count). The van der Waals surface area contributed by atoms with Crippen molar-refractivity contribution in [3.05, 3.63) is 40.6 Å². The number of Topliss-reactive ketones (excluding diaryl/α,β-unsaturated/α-hetero) is 1. The van der Waals surface area contributed by atoms with Crippen LogP contribution in [-0.4, -0.2) is 41.5 Å². The van der Waals surface area contributed by atoms with Crippen LogP contribution in [0.2, 0.25) is 0 Å². The van der Waals surface area contributed by atoms with Crippen molar-refractivity contribution in [2.75, 3.05) is 19.6 Å². The largest absolute Gasteiger partial charge is 0.390 e. The van der Waals surface area contributed by atoms with E-state index in [2.05, 4.69) is 20.9 Å². The van der Waals surface area contributed by atoms with Gasteiger partial charge < -0.3 is 4.90 Å². The molecule has 0 saturated carbocycles. The molecule has 0 aliphatic carbocycles. The number of pyridine rings is 1. The van der Waals surface area contributed by atoms with E-state index in [4.69, 9.17) is 0 Å². The number of ketones is 1. The van der Waals surface area contributed by atoms with Crippen molar-refractivity contribution in [3.63, 3.8) is 0 Å². The number of likely N-dealkylation sites (tertiary alicyclic amines) is 1. The molecule has 7 heteroatoms. The average Bonchev–Trinajstić information content (AvgIpc) is 2.59. The lowest BCUT2D eigenvalue weighted by atomic mass is 9.90. The second-order valence-electron chi connectivity index (χ2n) is 6.79. The zero-order valence-electron chi connectivity index (χ0n) is 14.2. The van der Waals surface area contributed by atoms with Gasteiger partial charge in [0.15, 0.2) is 0 Å². The lowest BCUT2D eigenvalue weighted by Gasteiger charge is -2.31. The summed E-state index contributed by atoms with van der Waals surface area (Å²) in [5, 5.41) is 2.04. The van der Waals surface area contributed by atoms with Crippen LogP contribution in [0.15, 0.2) is 34.9 Å². The molecule has 1 saturated heterocycles. The quantitative estimate of drug-likeness (QED) is 0.687. The smallest absolute Gasteiger partial charge is 0.303 e. The van der Waals surface area contributed by atoms with Gasteiger partial charge in [0, 0.05) is 40.6 Å². The van der Waals surface area contributed by atoms with Crippen LogP contribution in [0.4, 0.5) is 13.2 Å². The van der Waals surface area contributed by atoms with Crippen LogP contribution in [0.3, 0.4) is 0 Å². The minimum atomic E-state index is -4.12. The van der Waals surface area contributed by atoms with Gasteiger partial charge in [-0.25, -0.2) is 0 Å². The zero-order valence-corrected chi connectivity index (χ0v) is 15.8. The van der Waals surface area contributed by atoms with Crippen LogP contribution < -0.4 is 0 Å². The molecule has 1 aliphatic heterocycles. The van der Waals surface area contributed by atoms with Crippen LogP contribution >= 0.6 is 15.9 Å². The molecular weight excluding hydrogens is 409 g/mol. The molecule has 0 amide bonds. The van der Waals surface area contributed by atoms with E-state index in [9.17, 15) is 18.0 Å². The van der Waals surface area contributed by atoms with Crippen molar-refractivity contribution in [1.29, 1.82) is 0 Å². The predicted molar refractivity (Wildman–Crippen MR) is 98.0 cm³/mol. The van der Waals surface area contributed by atoms with E-state index in [1.54, 1.807) is 11.1 Å². The number of piperidine rings is 1. The Morgan fingerprint density at radius 2 is 1.92 bits per heavy atom. The highest BCUT2D eigenvalue weighted by molar-refractivity contribution is 9.10. The Balaban J connectivity index is 1.54. The second-order valence-corrected chi connectivity index (χ2v) is 7.71. The summed E-state index contributed by atoms with van der Waals surface area (Å²) in [5.74, 6) is 0.0412. The molecule has 0 bridgehead atoms. The predicted octanol–water partition coefficient (Wildman–Crippen LogP) is 4.77. The molecule has 2 heterocycles. The molecule has 0 radical (unpaired) electrons. The first-order valence-electron chi connectivity index (χ1n) is 8.66. The molecular formula is C19H20BrF3N2O. The molecule has 2 aromatic rings. The van der Waals surface area contributed by atoms with Crippen LogP contribution in [0.1, 0.15) is 25.0 Å². The van der Waals surface area contributed by atoms with Crippen LogP contribution in [-0.2, 0) is 11.2 Å². The fraction of sp³-hybridized carbons (Fsp3) is 0.474. The van der Waals surface area contributed by atoms with Crippen LogP contribution in [0.5, 0.6) is 0 Å². The van der Waals surface area contributed by atoms with E-state index < -0.39 is 12.6 Å². The Bertz CT molecular complexity index is 786. The second kappa shape index (κ2) is 8.05. The number of benzene rings is 1. The zero-order chi connectivity index (χ0) is 18.7. The number of carbonyl (C=O) groups is 1. The number of hydrogen-bond donors (Lipinski definition) is 0. The van der Waals surface area contributed by atoms with Crippen LogP contribution in [0, 0.1) is 5.92 Å². The Morgan fingerprint density at radius 1 is 1.19 bits per heavy atom. The number of nitrogens with zero attached hydrogens (tertiary/aromatic N) is 2. The van der Waals surface area contributed by atoms with Gasteiger partial charge in [0.25, 0.3) is 0 Å². The number of carbonyl (C=O) groups excluding carboxylic acids is 1. The van der Waals surface area contributed by atoms with Gasteiger partial charge in [-0.15, -0.1) is 0 Å². The van der Waals surface area contributed by atoms with Crippen molar-refractivity contribution >= 4 is 32.5 Å². The Hall–Kier alpha value is -1.47. The average molecular weight is 429 g/mol. The minimum Gasteiger partial charge on any atom is -0.303 e. The third-order valence-corrected chi connectivity index (χ3v) is 5.34. The summed E-state index contributed by atoms with van der Waals surface area (Å²) in [6.07, 6.45) is -1.63. The first kappa shape index (κ1) is 19.3. The molecule has 0 N–H and O–H groups in total. The summed E-state index contributed by atoms with van der Waals surface area (Å²) in [4.78, 5) is 18.7. The maximum atomic E-state index is 12.5. The third-order valence-electron chi connectivity index (χ3n) is 4.85. The van der Waals surface area contributed by atoms with E-state index in [-0.39, 0.29) is 24.7 Å². The minimum absolute atomic E-state index is 0.0194. The molecule has 0 atom stereocenters. The lowest BCUT2D eigenvalue weighted by molar-refractivity contribution is -0.139. The number of halogens is 4. The van der Waals surface area contributed by atoms with Crippen molar-refractivity contribution < 1.29 is 18.0 Å². The molecule has 1 fully saturated rings. The Labute approximate surface area is 158 Å². The number of hydrogen-bond acceptors (Lipinski definition) is 3. The molecule has 3 nitrogen and oxygen atoms in total. The van der Waals surface area contributed by atoms with Gasteiger partial charge >= 0.3 is 6.18 Å². The van der Waals surface area contributed by atoms with Gasteiger partial charge in [0.2, 0.25) is 0 Å². The van der Waals surface area contributed by atoms with Gasteiger partial charge in [-0.05, 0) is 49.5 Å². The number of rotatable bonds is 5. The topological polar surface area (TPSA) is 33.2 Å². The highest BCUT2D eigenvalue weighted by Gasteiger charge is 2.30. The van der Waals surface area contributed by atoms with Gasteiger partial charge in [-0.3, -0.25) is 9.78 Å². The fourth-order valence-corrected chi connectivity index (χ4v) is 3.72.